The molecule has 152 valence electrons. The van der Waals surface area contributed by atoms with E-state index in [9.17, 15) is 9.59 Å². The highest BCUT2D eigenvalue weighted by atomic mass is 16.5. The van der Waals surface area contributed by atoms with Crippen molar-refractivity contribution < 1.29 is 14.3 Å². The van der Waals surface area contributed by atoms with Crippen LogP contribution in [0.1, 0.15) is 43.0 Å². The number of carbonyl (C=O) groups is 2. The van der Waals surface area contributed by atoms with Crippen LogP contribution in [0.25, 0.3) is 0 Å². The second-order valence-electron chi connectivity index (χ2n) is 7.20. The fraction of sp³-hybridized carbons (Fsp3) is 0.0714. The summed E-state index contributed by atoms with van der Waals surface area (Å²) in [5.41, 5.74) is 4.19. The zero-order chi connectivity index (χ0) is 21.5. The van der Waals surface area contributed by atoms with E-state index >= 15 is 0 Å². The highest BCUT2D eigenvalue weighted by molar-refractivity contribution is 6.10. The second-order valence-corrected chi connectivity index (χ2v) is 7.20. The Morgan fingerprint density at radius 3 is 1.26 bits per heavy atom. The quantitative estimate of drug-likeness (QED) is 0.344. The van der Waals surface area contributed by atoms with Gasteiger partial charge in [-0.15, -0.1) is 0 Å². The smallest absolute Gasteiger partial charge is 0.193 e. The van der Waals surface area contributed by atoms with Crippen LogP contribution in [-0.4, -0.2) is 11.6 Å². The molecule has 0 unspecified atom stereocenters. The van der Waals surface area contributed by atoms with Crippen molar-refractivity contribution in [2.45, 2.75) is 13.2 Å². The van der Waals surface area contributed by atoms with Crippen molar-refractivity contribution in [1.82, 2.24) is 0 Å². The van der Waals surface area contributed by atoms with Crippen molar-refractivity contribution >= 4 is 11.6 Å². The Labute approximate surface area is 181 Å². The third-order valence-electron chi connectivity index (χ3n) is 5.11. The summed E-state index contributed by atoms with van der Waals surface area (Å²) in [6.45, 7) is 0.561. The molecule has 3 heteroatoms. The zero-order valence-electron chi connectivity index (χ0n) is 17.0. The monoisotopic (exact) mass is 406 g/mol. The van der Waals surface area contributed by atoms with Crippen LogP contribution in [0.4, 0.5) is 0 Å². The lowest BCUT2D eigenvalue weighted by Crippen LogP contribution is -2.08. The molecule has 0 aliphatic rings. The van der Waals surface area contributed by atoms with Gasteiger partial charge in [-0.25, -0.2) is 0 Å². The number of benzene rings is 4. The minimum absolute atomic E-state index is 0.0283. The first kappa shape index (κ1) is 20.5. The van der Waals surface area contributed by atoms with Crippen LogP contribution in [0.3, 0.4) is 0 Å². The van der Waals surface area contributed by atoms with Gasteiger partial charge in [-0.1, -0.05) is 109 Å². The highest BCUT2D eigenvalue weighted by Crippen LogP contribution is 2.19. The summed E-state index contributed by atoms with van der Waals surface area (Å²) in [6.07, 6.45) is 0. The molecule has 3 nitrogen and oxygen atoms in total. The number of carbonyl (C=O) groups excluding carboxylic acids is 2. The Balaban J connectivity index is 1.49. The lowest BCUT2D eigenvalue weighted by Gasteiger charge is -2.12. The van der Waals surface area contributed by atoms with E-state index in [1.807, 2.05) is 109 Å². The van der Waals surface area contributed by atoms with Gasteiger partial charge in [-0.3, -0.25) is 9.59 Å². The Bertz CT molecular complexity index is 1090. The number of ether oxygens (including phenoxy) is 1. The molecule has 0 fully saturated rings. The molecular formula is C28H22O3. The summed E-state index contributed by atoms with van der Waals surface area (Å²) in [7, 11) is 0. The number of ketones is 2. The molecule has 0 bridgehead atoms. The Hall–Kier alpha value is -3.82. The molecule has 4 aromatic rings. The predicted octanol–water partition coefficient (Wildman–Crippen LogP) is 5.87. The van der Waals surface area contributed by atoms with Crippen molar-refractivity contribution in [3.63, 3.8) is 0 Å². The molecule has 0 radical (unpaired) electrons. The minimum atomic E-state index is -0.0283. The van der Waals surface area contributed by atoms with Gasteiger partial charge in [-0.2, -0.15) is 0 Å². The standard InChI is InChI=1S/C28H22O3/c29-27(21-11-3-1-4-12-21)25-17-9-7-15-23(25)19-31-20-24-16-8-10-18-26(24)28(30)22-13-5-2-6-14-22/h1-18H,19-20H2. The van der Waals surface area contributed by atoms with Gasteiger partial charge in [0.25, 0.3) is 0 Å². The van der Waals surface area contributed by atoms with Crippen LogP contribution in [0.5, 0.6) is 0 Å². The van der Waals surface area contributed by atoms with Gasteiger partial charge < -0.3 is 4.74 Å². The summed E-state index contributed by atoms with van der Waals surface area (Å²) >= 11 is 0. The summed E-state index contributed by atoms with van der Waals surface area (Å²) in [6, 6.07) is 33.4. The third kappa shape index (κ3) is 4.85. The van der Waals surface area contributed by atoms with E-state index in [0.717, 1.165) is 11.1 Å². The van der Waals surface area contributed by atoms with E-state index in [4.69, 9.17) is 4.74 Å². The molecule has 0 aliphatic carbocycles. The highest BCUT2D eigenvalue weighted by Gasteiger charge is 2.15. The van der Waals surface area contributed by atoms with E-state index in [0.29, 0.717) is 22.3 Å². The van der Waals surface area contributed by atoms with Gasteiger partial charge in [0.2, 0.25) is 0 Å². The molecule has 0 aliphatic heterocycles. The first-order chi connectivity index (χ1) is 15.2. The maximum Gasteiger partial charge on any atom is 0.193 e. The number of hydrogen-bond donors (Lipinski definition) is 0. The summed E-state index contributed by atoms with van der Waals surface area (Å²) in [5.74, 6) is -0.0566. The number of hydrogen-bond acceptors (Lipinski definition) is 3. The largest absolute Gasteiger partial charge is 0.372 e. The van der Waals surface area contributed by atoms with E-state index in [-0.39, 0.29) is 24.8 Å². The molecule has 0 amide bonds. The van der Waals surface area contributed by atoms with Crippen LogP contribution in [0.2, 0.25) is 0 Å². The van der Waals surface area contributed by atoms with Crippen LogP contribution >= 0.6 is 0 Å². The molecule has 0 N–H and O–H groups in total. The maximum absolute atomic E-state index is 12.9. The van der Waals surface area contributed by atoms with Gasteiger partial charge >= 0.3 is 0 Å². The lowest BCUT2D eigenvalue weighted by atomic mass is 9.98. The van der Waals surface area contributed by atoms with Gasteiger partial charge in [0.1, 0.15) is 0 Å². The topological polar surface area (TPSA) is 43.4 Å². The van der Waals surface area contributed by atoms with E-state index in [1.165, 1.54) is 0 Å². The first-order valence-electron chi connectivity index (χ1n) is 10.2. The molecule has 0 aromatic heterocycles. The van der Waals surface area contributed by atoms with Crippen molar-refractivity contribution in [2.24, 2.45) is 0 Å². The van der Waals surface area contributed by atoms with Crippen LogP contribution < -0.4 is 0 Å². The molecule has 0 spiro atoms. The molecule has 4 rings (SSSR count). The normalized spacial score (nSPS) is 10.6. The molecule has 0 saturated carbocycles. The van der Waals surface area contributed by atoms with Crippen molar-refractivity contribution in [2.75, 3.05) is 0 Å². The SMILES string of the molecule is O=C(c1ccccc1)c1ccccc1COCc1ccccc1C(=O)c1ccccc1. The van der Waals surface area contributed by atoms with Crippen molar-refractivity contribution in [1.29, 1.82) is 0 Å². The third-order valence-corrected chi connectivity index (χ3v) is 5.11. The summed E-state index contributed by atoms with van der Waals surface area (Å²) in [4.78, 5) is 25.8. The predicted molar refractivity (Wildman–Crippen MR) is 121 cm³/mol. The molecule has 31 heavy (non-hydrogen) atoms. The Morgan fingerprint density at radius 1 is 0.484 bits per heavy atom. The van der Waals surface area contributed by atoms with Crippen LogP contribution in [0, 0.1) is 0 Å². The first-order valence-corrected chi connectivity index (χ1v) is 10.2. The average Bonchev–Trinajstić information content (AvgIpc) is 2.85. The van der Waals surface area contributed by atoms with Crippen molar-refractivity contribution in [3.05, 3.63) is 143 Å². The number of rotatable bonds is 8. The summed E-state index contributed by atoms with van der Waals surface area (Å²) < 4.78 is 5.95. The second kappa shape index (κ2) is 9.79. The molecule has 0 heterocycles. The minimum Gasteiger partial charge on any atom is -0.372 e. The van der Waals surface area contributed by atoms with E-state index < -0.39 is 0 Å². The maximum atomic E-state index is 12.9. The molecule has 0 atom stereocenters. The van der Waals surface area contributed by atoms with E-state index in [2.05, 4.69) is 0 Å². The fourth-order valence-electron chi connectivity index (χ4n) is 3.50. The lowest BCUT2D eigenvalue weighted by molar-refractivity contribution is 0.0973. The molecule has 0 saturated heterocycles. The fourth-order valence-corrected chi connectivity index (χ4v) is 3.50. The van der Waals surface area contributed by atoms with Crippen LogP contribution in [-0.2, 0) is 18.0 Å². The van der Waals surface area contributed by atoms with Crippen LogP contribution in [0.15, 0.2) is 109 Å². The molecule has 4 aromatic carbocycles. The Kier molecular flexibility index (Phi) is 6.46. The molecular weight excluding hydrogens is 384 g/mol. The van der Waals surface area contributed by atoms with Gasteiger partial charge in [-0.05, 0) is 11.1 Å². The summed E-state index contributed by atoms with van der Waals surface area (Å²) in [5, 5.41) is 0. The Morgan fingerprint density at radius 2 is 0.839 bits per heavy atom. The van der Waals surface area contributed by atoms with Gasteiger partial charge in [0.05, 0.1) is 13.2 Å². The average molecular weight is 406 g/mol. The van der Waals surface area contributed by atoms with Gasteiger partial charge in [0, 0.05) is 22.3 Å². The zero-order valence-corrected chi connectivity index (χ0v) is 17.0. The van der Waals surface area contributed by atoms with Crippen molar-refractivity contribution in [3.8, 4) is 0 Å². The van der Waals surface area contributed by atoms with Gasteiger partial charge in [0.15, 0.2) is 11.6 Å². The van der Waals surface area contributed by atoms with E-state index in [1.54, 1.807) is 0 Å².